The minimum atomic E-state index is 0.901. The van der Waals surface area contributed by atoms with E-state index < -0.39 is 0 Å². The van der Waals surface area contributed by atoms with Crippen molar-refractivity contribution < 1.29 is 4.74 Å². The second-order valence-electron chi connectivity index (χ2n) is 3.88. The lowest BCUT2D eigenvalue weighted by atomic mass is 10.0. The quantitative estimate of drug-likeness (QED) is 0.637. The molecule has 3 aromatic rings. The minimum absolute atomic E-state index is 0.901. The van der Waals surface area contributed by atoms with Gasteiger partial charge >= 0.3 is 0 Å². The van der Waals surface area contributed by atoms with E-state index in [1.165, 1.54) is 21.2 Å². The van der Waals surface area contributed by atoms with Gasteiger partial charge in [-0.15, -0.1) is 11.3 Å². The molecule has 0 fully saturated rings. The van der Waals surface area contributed by atoms with E-state index in [0.29, 0.717) is 0 Å². The van der Waals surface area contributed by atoms with Crippen LogP contribution in [0.15, 0.2) is 53.9 Å². The smallest absolute Gasteiger partial charge is 0.119 e. The van der Waals surface area contributed by atoms with Crippen LogP contribution in [0, 0.1) is 0 Å². The van der Waals surface area contributed by atoms with Gasteiger partial charge in [-0.05, 0) is 29.1 Å². The van der Waals surface area contributed by atoms with Crippen LogP contribution >= 0.6 is 11.3 Å². The molecular weight excluding hydrogens is 228 g/mol. The zero-order valence-electron chi connectivity index (χ0n) is 9.51. The summed E-state index contributed by atoms with van der Waals surface area (Å²) in [4.78, 5) is 0. The number of fused-ring (bicyclic) bond motifs is 1. The fraction of sp³-hybridized carbons (Fsp3) is 0.0667. The van der Waals surface area contributed by atoms with Gasteiger partial charge in [-0.3, -0.25) is 0 Å². The molecule has 17 heavy (non-hydrogen) atoms. The van der Waals surface area contributed by atoms with Crippen molar-refractivity contribution in [2.45, 2.75) is 0 Å². The third-order valence-corrected chi connectivity index (χ3v) is 3.83. The van der Waals surface area contributed by atoms with Gasteiger partial charge in [0, 0.05) is 15.6 Å². The molecule has 1 nitrogen and oxygen atoms in total. The van der Waals surface area contributed by atoms with E-state index in [9.17, 15) is 0 Å². The molecule has 2 heteroatoms. The minimum Gasteiger partial charge on any atom is -0.497 e. The first-order valence-electron chi connectivity index (χ1n) is 5.49. The first-order chi connectivity index (χ1) is 8.38. The van der Waals surface area contributed by atoms with Crippen molar-refractivity contribution in [1.82, 2.24) is 0 Å². The zero-order valence-corrected chi connectivity index (χ0v) is 10.3. The first kappa shape index (κ1) is 10.4. The Morgan fingerprint density at radius 2 is 1.88 bits per heavy atom. The molecule has 84 valence electrons. The Labute approximate surface area is 104 Å². The highest BCUT2D eigenvalue weighted by Gasteiger charge is 2.06. The molecule has 0 saturated heterocycles. The molecule has 3 rings (SSSR count). The lowest BCUT2D eigenvalue weighted by molar-refractivity contribution is 0.415. The molecule has 0 atom stereocenters. The Morgan fingerprint density at radius 3 is 2.76 bits per heavy atom. The molecule has 2 aromatic carbocycles. The third kappa shape index (κ3) is 1.81. The van der Waals surface area contributed by atoms with Crippen LogP contribution in [0.3, 0.4) is 0 Å². The molecule has 0 saturated carbocycles. The number of rotatable bonds is 2. The fourth-order valence-electron chi connectivity index (χ4n) is 1.99. The summed E-state index contributed by atoms with van der Waals surface area (Å²) in [5.74, 6) is 0.901. The normalized spacial score (nSPS) is 10.6. The Balaban J connectivity index is 2.20. The van der Waals surface area contributed by atoms with E-state index in [-0.39, 0.29) is 0 Å². The van der Waals surface area contributed by atoms with Crippen LogP contribution < -0.4 is 4.74 Å². The molecule has 0 spiro atoms. The van der Waals surface area contributed by atoms with Gasteiger partial charge < -0.3 is 4.74 Å². The fourth-order valence-corrected chi connectivity index (χ4v) is 2.96. The molecule has 0 aliphatic heterocycles. The van der Waals surface area contributed by atoms with Crippen molar-refractivity contribution in [1.29, 1.82) is 0 Å². The summed E-state index contributed by atoms with van der Waals surface area (Å²) in [6.07, 6.45) is 0. The molecule has 0 aliphatic rings. The molecule has 0 aliphatic carbocycles. The monoisotopic (exact) mass is 240 g/mol. The summed E-state index contributed by atoms with van der Waals surface area (Å²) in [6.45, 7) is 0. The second kappa shape index (κ2) is 4.22. The van der Waals surface area contributed by atoms with Gasteiger partial charge in [-0.25, -0.2) is 0 Å². The van der Waals surface area contributed by atoms with Crippen molar-refractivity contribution in [2.24, 2.45) is 0 Å². The number of thiophene rings is 1. The highest BCUT2D eigenvalue weighted by atomic mass is 32.1. The predicted octanol–water partition coefficient (Wildman–Crippen LogP) is 4.58. The average molecular weight is 240 g/mol. The first-order valence-corrected chi connectivity index (χ1v) is 6.37. The molecule has 0 amide bonds. The summed E-state index contributed by atoms with van der Waals surface area (Å²) in [7, 11) is 1.70. The van der Waals surface area contributed by atoms with Gasteiger partial charge in [0.1, 0.15) is 5.75 Å². The SMILES string of the molecule is COc1cccc(-c2csc3ccccc23)c1. The van der Waals surface area contributed by atoms with E-state index in [1.54, 1.807) is 18.4 Å². The van der Waals surface area contributed by atoms with Crippen molar-refractivity contribution in [3.05, 3.63) is 53.9 Å². The van der Waals surface area contributed by atoms with Crippen molar-refractivity contribution in [3.8, 4) is 16.9 Å². The lowest BCUT2D eigenvalue weighted by Crippen LogP contribution is -1.82. The highest BCUT2D eigenvalue weighted by Crippen LogP contribution is 2.34. The largest absolute Gasteiger partial charge is 0.497 e. The second-order valence-corrected chi connectivity index (χ2v) is 4.79. The van der Waals surface area contributed by atoms with Crippen molar-refractivity contribution in [3.63, 3.8) is 0 Å². The van der Waals surface area contributed by atoms with Gasteiger partial charge in [0.25, 0.3) is 0 Å². The summed E-state index contributed by atoms with van der Waals surface area (Å²) in [5.41, 5.74) is 2.49. The summed E-state index contributed by atoms with van der Waals surface area (Å²) in [5, 5.41) is 3.52. The summed E-state index contributed by atoms with van der Waals surface area (Å²) >= 11 is 1.78. The zero-order chi connectivity index (χ0) is 11.7. The Morgan fingerprint density at radius 1 is 1.00 bits per heavy atom. The van der Waals surface area contributed by atoms with Crippen LogP contribution in [0.5, 0.6) is 5.75 Å². The number of benzene rings is 2. The van der Waals surface area contributed by atoms with Crippen molar-refractivity contribution >= 4 is 21.4 Å². The van der Waals surface area contributed by atoms with Gasteiger partial charge in [0.15, 0.2) is 0 Å². The van der Waals surface area contributed by atoms with E-state index >= 15 is 0 Å². The third-order valence-electron chi connectivity index (χ3n) is 2.86. The Bertz CT molecular complexity index is 655. The maximum atomic E-state index is 5.27. The van der Waals surface area contributed by atoms with Crippen LogP contribution in [0.25, 0.3) is 21.2 Å². The number of ether oxygens (including phenoxy) is 1. The molecule has 1 heterocycles. The summed E-state index contributed by atoms with van der Waals surface area (Å²) in [6, 6.07) is 16.7. The molecule has 0 bridgehead atoms. The standard InChI is InChI=1S/C15H12OS/c1-16-12-6-4-5-11(9-12)14-10-17-15-8-3-2-7-13(14)15/h2-10H,1H3. The van der Waals surface area contributed by atoms with E-state index in [2.05, 4.69) is 41.8 Å². The topological polar surface area (TPSA) is 9.23 Å². The van der Waals surface area contributed by atoms with Gasteiger partial charge in [-0.1, -0.05) is 30.3 Å². The van der Waals surface area contributed by atoms with E-state index in [4.69, 9.17) is 4.74 Å². The van der Waals surface area contributed by atoms with Gasteiger partial charge in [-0.2, -0.15) is 0 Å². The number of methoxy groups -OCH3 is 1. The molecular formula is C15H12OS. The van der Waals surface area contributed by atoms with E-state index in [1.807, 2.05) is 12.1 Å². The Hall–Kier alpha value is -1.80. The maximum absolute atomic E-state index is 5.27. The lowest BCUT2D eigenvalue weighted by Gasteiger charge is -2.03. The molecule has 1 aromatic heterocycles. The average Bonchev–Trinajstić information content (AvgIpc) is 2.82. The number of hydrogen-bond donors (Lipinski definition) is 0. The maximum Gasteiger partial charge on any atom is 0.119 e. The van der Waals surface area contributed by atoms with E-state index in [0.717, 1.165) is 5.75 Å². The van der Waals surface area contributed by atoms with Crippen LogP contribution in [-0.2, 0) is 0 Å². The van der Waals surface area contributed by atoms with Gasteiger partial charge in [0.05, 0.1) is 7.11 Å². The van der Waals surface area contributed by atoms with Crippen molar-refractivity contribution in [2.75, 3.05) is 7.11 Å². The highest BCUT2D eigenvalue weighted by molar-refractivity contribution is 7.17. The van der Waals surface area contributed by atoms with Crippen LogP contribution in [0.4, 0.5) is 0 Å². The van der Waals surface area contributed by atoms with Gasteiger partial charge in [0.2, 0.25) is 0 Å². The molecule has 0 N–H and O–H groups in total. The molecule has 0 radical (unpaired) electrons. The van der Waals surface area contributed by atoms with Crippen LogP contribution in [-0.4, -0.2) is 7.11 Å². The molecule has 0 unspecified atom stereocenters. The van der Waals surface area contributed by atoms with Crippen LogP contribution in [0.1, 0.15) is 0 Å². The Kier molecular flexibility index (Phi) is 2.57. The van der Waals surface area contributed by atoms with Crippen LogP contribution in [0.2, 0.25) is 0 Å². The summed E-state index contributed by atoms with van der Waals surface area (Å²) < 4.78 is 6.59. The predicted molar refractivity (Wildman–Crippen MR) is 73.8 cm³/mol. The number of hydrogen-bond acceptors (Lipinski definition) is 2.